The molecule has 1 amide bonds. The number of ether oxygens (including phenoxy) is 1. The molecule has 2 N–H and O–H groups in total. The first-order valence-corrected chi connectivity index (χ1v) is 7.96. The van der Waals surface area contributed by atoms with Crippen molar-refractivity contribution in [2.24, 2.45) is 0 Å². The van der Waals surface area contributed by atoms with Gasteiger partial charge in [-0.05, 0) is 32.0 Å². The van der Waals surface area contributed by atoms with Gasteiger partial charge in [-0.15, -0.1) is 17.5 Å². The van der Waals surface area contributed by atoms with Gasteiger partial charge in [-0.3, -0.25) is 4.79 Å². The molecule has 1 saturated heterocycles. The zero-order valence-corrected chi connectivity index (χ0v) is 14.0. The fourth-order valence-electron chi connectivity index (χ4n) is 3.14. The van der Waals surface area contributed by atoms with Crippen molar-refractivity contribution in [3.8, 4) is 5.75 Å². The Labute approximate surface area is 146 Å². The normalized spacial score (nSPS) is 19.9. The monoisotopic (exact) mass is 349 g/mol. The van der Waals surface area contributed by atoms with Gasteiger partial charge < -0.3 is 15.4 Å². The van der Waals surface area contributed by atoms with E-state index in [0.29, 0.717) is 18.3 Å². The van der Waals surface area contributed by atoms with E-state index in [1.165, 1.54) is 0 Å². The van der Waals surface area contributed by atoms with Gasteiger partial charge in [0.2, 0.25) is 0 Å². The van der Waals surface area contributed by atoms with E-state index in [9.17, 15) is 4.79 Å². The third kappa shape index (κ3) is 3.22. The fourth-order valence-corrected chi connectivity index (χ4v) is 3.14. The summed E-state index contributed by atoms with van der Waals surface area (Å²) in [7, 11) is 0. The summed E-state index contributed by atoms with van der Waals surface area (Å²) in [5, 5.41) is 14.4. The van der Waals surface area contributed by atoms with E-state index in [4.69, 9.17) is 4.74 Å². The third-order valence-corrected chi connectivity index (χ3v) is 4.43. The van der Waals surface area contributed by atoms with E-state index < -0.39 is 0 Å². The van der Waals surface area contributed by atoms with Gasteiger partial charge >= 0.3 is 0 Å². The van der Waals surface area contributed by atoms with Gasteiger partial charge in [-0.1, -0.05) is 23.4 Å². The number of aromatic nitrogens is 3. The van der Waals surface area contributed by atoms with Gasteiger partial charge in [0.1, 0.15) is 12.4 Å². The highest BCUT2D eigenvalue weighted by atomic mass is 35.5. The molecule has 24 heavy (non-hydrogen) atoms. The van der Waals surface area contributed by atoms with Crippen LogP contribution in [0, 0.1) is 0 Å². The molecule has 0 bridgehead atoms. The van der Waals surface area contributed by atoms with Gasteiger partial charge in [-0.2, -0.15) is 0 Å². The molecule has 7 nitrogen and oxygen atoms in total. The Kier molecular flexibility index (Phi) is 5.01. The highest BCUT2D eigenvalue weighted by molar-refractivity contribution is 5.92. The van der Waals surface area contributed by atoms with Crippen molar-refractivity contribution in [2.75, 3.05) is 19.7 Å². The second-order valence-corrected chi connectivity index (χ2v) is 5.94. The number of para-hydroxylation sites is 1. The van der Waals surface area contributed by atoms with Gasteiger partial charge in [0.05, 0.1) is 18.3 Å². The molecule has 1 aromatic carbocycles. The smallest absolute Gasteiger partial charge is 0.274 e. The van der Waals surface area contributed by atoms with Crippen LogP contribution >= 0.6 is 12.4 Å². The topological polar surface area (TPSA) is 81.1 Å². The number of hydrogen-bond donors (Lipinski definition) is 2. The molecule has 8 heteroatoms. The zero-order chi connectivity index (χ0) is 15.6. The Balaban J connectivity index is 0.00000169. The van der Waals surface area contributed by atoms with Crippen LogP contribution < -0.4 is 15.4 Å². The molecule has 1 unspecified atom stereocenters. The number of nitrogens with one attached hydrogen (secondary N) is 2. The van der Waals surface area contributed by atoms with Crippen molar-refractivity contribution in [3.63, 3.8) is 0 Å². The summed E-state index contributed by atoms with van der Waals surface area (Å²) in [6.45, 7) is 2.40. The van der Waals surface area contributed by atoms with Gasteiger partial charge in [-0.25, -0.2) is 4.68 Å². The van der Waals surface area contributed by atoms with Gasteiger partial charge in [0.25, 0.3) is 5.91 Å². The summed E-state index contributed by atoms with van der Waals surface area (Å²) in [4.78, 5) is 12.4. The second kappa shape index (κ2) is 7.19. The van der Waals surface area contributed by atoms with E-state index in [1.54, 1.807) is 6.20 Å². The van der Waals surface area contributed by atoms with Crippen molar-refractivity contribution in [3.05, 3.63) is 41.7 Å². The predicted molar refractivity (Wildman–Crippen MR) is 90.6 cm³/mol. The van der Waals surface area contributed by atoms with Crippen LogP contribution in [-0.4, -0.2) is 40.6 Å². The fraction of sp³-hybridized carbons (Fsp3) is 0.438. The molecule has 3 heterocycles. The molecule has 4 rings (SSSR count). The summed E-state index contributed by atoms with van der Waals surface area (Å²) >= 11 is 0. The van der Waals surface area contributed by atoms with Gasteiger partial charge in [0.15, 0.2) is 5.69 Å². The molecular weight excluding hydrogens is 330 g/mol. The van der Waals surface area contributed by atoms with E-state index >= 15 is 0 Å². The second-order valence-electron chi connectivity index (χ2n) is 5.94. The molecule has 1 fully saturated rings. The number of carbonyl (C=O) groups excluding carboxylic acids is 1. The molecule has 2 aliphatic heterocycles. The predicted octanol–water partition coefficient (Wildman–Crippen LogP) is 1.49. The lowest BCUT2D eigenvalue weighted by atomic mass is 10.1. The van der Waals surface area contributed by atoms with Crippen LogP contribution in [0.4, 0.5) is 0 Å². The first kappa shape index (κ1) is 16.7. The molecule has 1 aromatic heterocycles. The average Bonchev–Trinajstić information content (AvgIpc) is 3.24. The Bertz CT molecular complexity index is 714. The highest BCUT2D eigenvalue weighted by Gasteiger charge is 2.27. The molecule has 2 aliphatic rings. The van der Waals surface area contributed by atoms with Crippen LogP contribution in [-0.2, 0) is 0 Å². The van der Waals surface area contributed by atoms with Crippen molar-refractivity contribution in [1.82, 2.24) is 25.6 Å². The van der Waals surface area contributed by atoms with Crippen LogP contribution in [0.1, 0.15) is 41.0 Å². The molecule has 128 valence electrons. The number of halogens is 1. The number of carbonyl (C=O) groups is 1. The quantitative estimate of drug-likeness (QED) is 0.877. The van der Waals surface area contributed by atoms with Crippen LogP contribution in [0.2, 0.25) is 0 Å². The van der Waals surface area contributed by atoms with E-state index in [0.717, 1.165) is 37.2 Å². The molecule has 0 aliphatic carbocycles. The summed E-state index contributed by atoms with van der Waals surface area (Å²) in [6.07, 6.45) is 3.76. The number of benzene rings is 1. The zero-order valence-electron chi connectivity index (χ0n) is 13.1. The first-order chi connectivity index (χ1) is 11.3. The number of rotatable bonds is 3. The lowest BCUT2D eigenvalue weighted by Crippen LogP contribution is -2.30. The lowest BCUT2D eigenvalue weighted by Gasteiger charge is -2.22. The number of piperidine rings is 1. The standard InChI is InChI=1S/C16H19N5O2.ClH/c22-16(18-14-10-23-15-4-2-1-3-12(14)15)13-9-21(20-19-13)11-5-7-17-8-6-11;/h1-4,9,11,14,17H,5-8,10H2,(H,18,22);1H. The van der Waals surface area contributed by atoms with Crippen LogP contribution in [0.5, 0.6) is 5.75 Å². The Morgan fingerprint density at radius 3 is 2.92 bits per heavy atom. The van der Waals surface area contributed by atoms with Crippen molar-refractivity contribution in [2.45, 2.75) is 24.9 Å². The third-order valence-electron chi connectivity index (χ3n) is 4.43. The summed E-state index contributed by atoms with van der Waals surface area (Å²) in [5.74, 6) is 0.617. The lowest BCUT2D eigenvalue weighted by molar-refractivity contribution is 0.0925. The Morgan fingerprint density at radius 1 is 1.29 bits per heavy atom. The minimum absolute atomic E-state index is 0. The SMILES string of the molecule is Cl.O=C(NC1COc2ccccc21)c1cn(C2CCNCC2)nn1. The molecule has 2 aromatic rings. The highest BCUT2D eigenvalue weighted by Crippen LogP contribution is 2.31. The summed E-state index contributed by atoms with van der Waals surface area (Å²) < 4.78 is 7.40. The van der Waals surface area contributed by atoms with Gasteiger partial charge in [0, 0.05) is 5.56 Å². The number of amides is 1. The molecule has 0 saturated carbocycles. The average molecular weight is 350 g/mol. The minimum atomic E-state index is -0.213. The minimum Gasteiger partial charge on any atom is -0.491 e. The first-order valence-electron chi connectivity index (χ1n) is 7.96. The Morgan fingerprint density at radius 2 is 2.08 bits per heavy atom. The molecule has 0 spiro atoms. The van der Waals surface area contributed by atoms with E-state index in [1.807, 2.05) is 28.9 Å². The number of nitrogens with zero attached hydrogens (tertiary/aromatic N) is 3. The number of fused-ring (bicyclic) bond motifs is 1. The molecule has 0 radical (unpaired) electrons. The van der Waals surface area contributed by atoms with E-state index in [2.05, 4.69) is 20.9 Å². The Hall–Kier alpha value is -2.12. The van der Waals surface area contributed by atoms with Crippen molar-refractivity contribution < 1.29 is 9.53 Å². The molecule has 1 atom stereocenters. The molecular formula is C16H20ClN5O2. The van der Waals surface area contributed by atoms with Crippen LogP contribution in [0.15, 0.2) is 30.5 Å². The maximum absolute atomic E-state index is 12.4. The number of hydrogen-bond acceptors (Lipinski definition) is 5. The maximum Gasteiger partial charge on any atom is 0.274 e. The largest absolute Gasteiger partial charge is 0.491 e. The summed E-state index contributed by atoms with van der Waals surface area (Å²) in [5.41, 5.74) is 1.36. The van der Waals surface area contributed by atoms with Crippen LogP contribution in [0.25, 0.3) is 0 Å². The summed E-state index contributed by atoms with van der Waals surface area (Å²) in [6, 6.07) is 7.94. The van der Waals surface area contributed by atoms with Crippen molar-refractivity contribution >= 4 is 18.3 Å². The van der Waals surface area contributed by atoms with Crippen molar-refractivity contribution in [1.29, 1.82) is 0 Å². The maximum atomic E-state index is 12.4. The van der Waals surface area contributed by atoms with E-state index in [-0.39, 0.29) is 24.4 Å². The van der Waals surface area contributed by atoms with Crippen LogP contribution in [0.3, 0.4) is 0 Å².